The van der Waals surface area contributed by atoms with Crippen molar-refractivity contribution in [3.8, 4) is 12.3 Å². The van der Waals surface area contributed by atoms with Crippen LogP contribution in [0.3, 0.4) is 0 Å². The van der Waals surface area contributed by atoms with Crippen molar-refractivity contribution < 1.29 is 8.42 Å². The number of aromatic nitrogens is 1. The Labute approximate surface area is 155 Å². The molecule has 1 saturated heterocycles. The minimum absolute atomic E-state index is 0.152. The smallest absolute Gasteiger partial charge is 0.274 e. The van der Waals surface area contributed by atoms with Gasteiger partial charge in [0.2, 0.25) is 0 Å². The monoisotopic (exact) mass is 372 g/mol. The highest BCUT2D eigenvalue weighted by atomic mass is 32.2. The number of benzene rings is 1. The highest BCUT2D eigenvalue weighted by Crippen LogP contribution is 2.32. The van der Waals surface area contributed by atoms with E-state index in [0.717, 1.165) is 41.5 Å². The molecular weight excluding hydrogens is 348 g/mol. The summed E-state index contributed by atoms with van der Waals surface area (Å²) in [6, 6.07) is 4.07. The fourth-order valence-electron chi connectivity index (χ4n) is 3.55. The van der Waals surface area contributed by atoms with Crippen molar-refractivity contribution in [2.24, 2.45) is 5.14 Å². The van der Waals surface area contributed by atoms with Gasteiger partial charge in [-0.25, -0.2) is 5.14 Å². The number of rotatable bonds is 3. The minimum Gasteiger partial charge on any atom is -0.370 e. The van der Waals surface area contributed by atoms with E-state index in [2.05, 4.69) is 46.5 Å². The van der Waals surface area contributed by atoms with Gasteiger partial charge in [-0.15, -0.1) is 6.42 Å². The van der Waals surface area contributed by atoms with Crippen LogP contribution in [0.25, 0.3) is 10.9 Å². The number of terminal acetylenes is 1. The van der Waals surface area contributed by atoms with Gasteiger partial charge in [0.25, 0.3) is 10.2 Å². The number of nitrogens with two attached hydrogens (primary N) is 1. The molecule has 0 saturated carbocycles. The van der Waals surface area contributed by atoms with Crippen LogP contribution >= 0.6 is 0 Å². The van der Waals surface area contributed by atoms with Crippen LogP contribution in [0.4, 0.5) is 5.69 Å². The van der Waals surface area contributed by atoms with Crippen molar-refractivity contribution in [1.29, 1.82) is 0 Å². The molecule has 2 aromatic rings. The first-order valence-corrected chi connectivity index (χ1v) is 10.2. The fourth-order valence-corrected chi connectivity index (χ4v) is 4.25. The standard InChI is InChI=1S/C19H24N4O2S/c1-4-15-12-21-18-11-14(3)13(2)10-17(18)19(15)23-8-5-6-16(7-9-23)22-26(20,24)25/h1,10-12,16,22H,5-9H2,2-3H3,(H2,20,24,25). The Bertz CT molecular complexity index is 979. The van der Waals surface area contributed by atoms with E-state index in [1.807, 2.05) is 0 Å². The lowest BCUT2D eigenvalue weighted by Crippen LogP contribution is -2.39. The normalized spacial score (nSPS) is 18.5. The molecule has 2 heterocycles. The van der Waals surface area contributed by atoms with Gasteiger partial charge < -0.3 is 4.90 Å². The van der Waals surface area contributed by atoms with Crippen LogP contribution in [-0.4, -0.2) is 32.5 Å². The fraction of sp³-hybridized carbons (Fsp3) is 0.421. The third-order valence-corrected chi connectivity index (χ3v) is 5.65. The van der Waals surface area contributed by atoms with Crippen molar-refractivity contribution in [3.05, 3.63) is 35.0 Å². The highest BCUT2D eigenvalue weighted by Gasteiger charge is 2.23. The summed E-state index contributed by atoms with van der Waals surface area (Å²) in [7, 11) is -3.69. The second-order valence-electron chi connectivity index (χ2n) is 6.90. The second-order valence-corrected chi connectivity index (χ2v) is 8.22. The van der Waals surface area contributed by atoms with Gasteiger partial charge in [0.05, 0.1) is 16.8 Å². The van der Waals surface area contributed by atoms with Crippen LogP contribution < -0.4 is 14.8 Å². The molecule has 0 aliphatic carbocycles. The molecule has 1 unspecified atom stereocenters. The van der Waals surface area contributed by atoms with Gasteiger partial charge in [-0.1, -0.05) is 5.92 Å². The predicted octanol–water partition coefficient (Wildman–Crippen LogP) is 1.98. The summed E-state index contributed by atoms with van der Waals surface area (Å²) in [5.74, 6) is 2.75. The van der Waals surface area contributed by atoms with Gasteiger partial charge >= 0.3 is 0 Å². The van der Waals surface area contributed by atoms with Gasteiger partial charge in [0.15, 0.2) is 0 Å². The summed E-state index contributed by atoms with van der Waals surface area (Å²) in [5, 5.41) is 6.17. The summed E-state index contributed by atoms with van der Waals surface area (Å²) < 4.78 is 25.2. The molecule has 7 heteroatoms. The van der Waals surface area contributed by atoms with Gasteiger partial charge in [-0.2, -0.15) is 13.1 Å². The molecule has 1 fully saturated rings. The highest BCUT2D eigenvalue weighted by molar-refractivity contribution is 7.87. The van der Waals surface area contributed by atoms with Gasteiger partial charge in [0.1, 0.15) is 0 Å². The van der Waals surface area contributed by atoms with E-state index in [4.69, 9.17) is 11.6 Å². The molecule has 6 nitrogen and oxygen atoms in total. The predicted molar refractivity (Wildman–Crippen MR) is 105 cm³/mol. The van der Waals surface area contributed by atoms with Crippen molar-refractivity contribution in [3.63, 3.8) is 0 Å². The molecule has 26 heavy (non-hydrogen) atoms. The Morgan fingerprint density at radius 2 is 2.00 bits per heavy atom. The number of hydrogen-bond acceptors (Lipinski definition) is 4. The zero-order chi connectivity index (χ0) is 18.9. The number of pyridine rings is 1. The summed E-state index contributed by atoms with van der Waals surface area (Å²) in [4.78, 5) is 6.77. The van der Waals surface area contributed by atoms with E-state index >= 15 is 0 Å². The zero-order valence-corrected chi connectivity index (χ0v) is 15.9. The number of hydrogen-bond donors (Lipinski definition) is 2. The molecule has 0 amide bonds. The molecule has 3 N–H and O–H groups in total. The maximum Gasteiger partial charge on any atom is 0.274 e. The van der Waals surface area contributed by atoms with Crippen molar-refractivity contribution in [1.82, 2.24) is 9.71 Å². The van der Waals surface area contributed by atoms with Gasteiger partial charge in [-0.3, -0.25) is 4.98 Å². The Balaban J connectivity index is 1.99. The van der Waals surface area contributed by atoms with Gasteiger partial charge in [0, 0.05) is 30.7 Å². The third kappa shape index (κ3) is 3.98. The van der Waals surface area contributed by atoms with E-state index in [1.165, 1.54) is 11.1 Å². The van der Waals surface area contributed by atoms with Crippen molar-refractivity contribution >= 4 is 26.8 Å². The van der Waals surface area contributed by atoms with Crippen LogP contribution in [0, 0.1) is 26.2 Å². The quantitative estimate of drug-likeness (QED) is 0.807. The van der Waals surface area contributed by atoms with E-state index < -0.39 is 10.2 Å². The molecule has 0 bridgehead atoms. The lowest BCUT2D eigenvalue weighted by Gasteiger charge is -2.26. The molecule has 3 rings (SSSR count). The van der Waals surface area contributed by atoms with Crippen LogP contribution in [0.2, 0.25) is 0 Å². The lowest BCUT2D eigenvalue weighted by molar-refractivity contribution is 0.520. The number of fused-ring (bicyclic) bond motifs is 1. The van der Waals surface area contributed by atoms with Crippen molar-refractivity contribution in [2.45, 2.75) is 39.2 Å². The lowest BCUT2D eigenvalue weighted by atomic mass is 10.0. The van der Waals surface area contributed by atoms with E-state index in [9.17, 15) is 8.42 Å². The van der Waals surface area contributed by atoms with E-state index in [-0.39, 0.29) is 6.04 Å². The minimum atomic E-state index is -3.69. The molecular formula is C19H24N4O2S. The number of aryl methyl sites for hydroxylation is 2. The first kappa shape index (κ1) is 18.6. The summed E-state index contributed by atoms with van der Waals surface area (Å²) >= 11 is 0. The molecule has 1 aromatic heterocycles. The van der Waals surface area contributed by atoms with Gasteiger partial charge in [-0.05, 0) is 56.4 Å². The first-order chi connectivity index (χ1) is 12.3. The average molecular weight is 372 g/mol. The Hall–Kier alpha value is -2.14. The number of nitrogens with zero attached hydrogens (tertiary/aromatic N) is 2. The van der Waals surface area contributed by atoms with E-state index in [0.29, 0.717) is 13.0 Å². The van der Waals surface area contributed by atoms with E-state index in [1.54, 1.807) is 6.20 Å². The molecule has 1 aliphatic rings. The van der Waals surface area contributed by atoms with Crippen LogP contribution in [0.5, 0.6) is 0 Å². The molecule has 1 aromatic carbocycles. The largest absolute Gasteiger partial charge is 0.370 e. The summed E-state index contributed by atoms with van der Waals surface area (Å²) in [6.07, 6.45) is 9.77. The first-order valence-electron chi connectivity index (χ1n) is 8.70. The van der Waals surface area contributed by atoms with Crippen molar-refractivity contribution in [2.75, 3.05) is 18.0 Å². The summed E-state index contributed by atoms with van der Waals surface area (Å²) in [6.45, 7) is 5.66. The maximum atomic E-state index is 11.3. The zero-order valence-electron chi connectivity index (χ0n) is 15.1. The Kier molecular flexibility index (Phi) is 5.19. The second kappa shape index (κ2) is 7.23. The average Bonchev–Trinajstić information content (AvgIpc) is 2.79. The van der Waals surface area contributed by atoms with Crippen LogP contribution in [0.1, 0.15) is 36.0 Å². The SMILES string of the molecule is C#Cc1cnc2cc(C)c(C)cc2c1N1CCCC(NS(N)(=O)=O)CC1. The maximum absolute atomic E-state index is 11.3. The number of nitrogens with one attached hydrogen (secondary N) is 1. The molecule has 1 atom stereocenters. The van der Waals surface area contributed by atoms with Crippen LogP contribution in [0.15, 0.2) is 18.3 Å². The molecule has 1 aliphatic heterocycles. The third-order valence-electron chi connectivity index (χ3n) is 4.99. The Morgan fingerprint density at radius 1 is 1.27 bits per heavy atom. The molecule has 138 valence electrons. The molecule has 0 radical (unpaired) electrons. The Morgan fingerprint density at radius 3 is 2.69 bits per heavy atom. The topological polar surface area (TPSA) is 88.3 Å². The molecule has 0 spiro atoms. The summed E-state index contributed by atoms with van der Waals surface area (Å²) in [5.41, 5.74) is 5.08. The number of anilines is 1. The van der Waals surface area contributed by atoms with Crippen LogP contribution in [-0.2, 0) is 10.2 Å².